The average Bonchev–Trinajstić information content (AvgIpc) is 2.79. The van der Waals surface area contributed by atoms with Crippen molar-refractivity contribution in [2.45, 2.75) is 57.6 Å². The van der Waals surface area contributed by atoms with Gasteiger partial charge < -0.3 is 4.74 Å². The third kappa shape index (κ3) is 3.21. The van der Waals surface area contributed by atoms with Crippen molar-refractivity contribution in [3.63, 3.8) is 0 Å². The van der Waals surface area contributed by atoms with E-state index in [0.29, 0.717) is 17.9 Å². The Morgan fingerprint density at radius 3 is 3.00 bits per heavy atom. The lowest BCUT2D eigenvalue weighted by Gasteiger charge is -2.42. The molecular weight excluding hydrogens is 244 g/mol. The minimum Gasteiger partial charge on any atom is -0.374 e. The van der Waals surface area contributed by atoms with Crippen LogP contribution in [0.25, 0.3) is 0 Å². The number of nitrogens with two attached hydrogens (primary N) is 1. The van der Waals surface area contributed by atoms with Gasteiger partial charge in [0.2, 0.25) is 0 Å². The first-order valence-corrected chi connectivity index (χ1v) is 8.54. The lowest BCUT2D eigenvalue weighted by atomic mass is 9.77. The molecule has 106 valence electrons. The molecule has 0 aliphatic carbocycles. The Labute approximate surface area is 116 Å². The molecule has 0 saturated carbocycles. The van der Waals surface area contributed by atoms with Crippen LogP contribution in [0.1, 0.15) is 46.0 Å². The topological polar surface area (TPSA) is 47.3 Å². The molecule has 0 aromatic heterocycles. The predicted octanol–water partition coefficient (Wildman–Crippen LogP) is 2.56. The van der Waals surface area contributed by atoms with Crippen molar-refractivity contribution in [2.24, 2.45) is 17.7 Å². The van der Waals surface area contributed by atoms with Crippen LogP contribution in [0.2, 0.25) is 0 Å². The van der Waals surface area contributed by atoms with Gasteiger partial charge in [0.25, 0.3) is 0 Å². The minimum absolute atomic E-state index is 0.175. The molecule has 0 radical (unpaired) electrons. The molecule has 0 aromatic rings. The molecule has 2 heterocycles. The van der Waals surface area contributed by atoms with E-state index in [1.54, 1.807) is 0 Å². The number of hydrogen-bond donors (Lipinski definition) is 2. The monoisotopic (exact) mass is 272 g/mol. The van der Waals surface area contributed by atoms with E-state index in [1.165, 1.54) is 37.2 Å². The van der Waals surface area contributed by atoms with Crippen molar-refractivity contribution < 1.29 is 4.74 Å². The van der Waals surface area contributed by atoms with Gasteiger partial charge in [0.15, 0.2) is 0 Å². The van der Waals surface area contributed by atoms with Gasteiger partial charge in [-0.1, -0.05) is 20.3 Å². The SMILES string of the molecule is CCCC(C)C(NN)C1CCOC2(CCSC2)C1. The zero-order valence-corrected chi connectivity index (χ0v) is 12.6. The van der Waals surface area contributed by atoms with Crippen molar-refractivity contribution >= 4 is 11.8 Å². The smallest absolute Gasteiger partial charge is 0.0783 e. The number of rotatable bonds is 5. The molecule has 0 bridgehead atoms. The highest BCUT2D eigenvalue weighted by Gasteiger charge is 2.43. The molecule has 1 spiro atoms. The van der Waals surface area contributed by atoms with Crippen molar-refractivity contribution in [2.75, 3.05) is 18.1 Å². The van der Waals surface area contributed by atoms with Crippen LogP contribution in [0.3, 0.4) is 0 Å². The molecule has 4 atom stereocenters. The standard InChI is InChI=1S/C14H28N2OS/c1-3-4-11(2)13(16-15)12-5-7-17-14(9-12)6-8-18-10-14/h11-13,16H,3-10,15H2,1-2H3. The quantitative estimate of drug-likeness (QED) is 0.596. The molecule has 0 aromatic carbocycles. The largest absolute Gasteiger partial charge is 0.374 e. The summed E-state index contributed by atoms with van der Waals surface area (Å²) in [5.74, 6) is 9.62. The normalized spacial score (nSPS) is 35.8. The highest BCUT2D eigenvalue weighted by Crippen LogP contribution is 2.42. The predicted molar refractivity (Wildman–Crippen MR) is 78.5 cm³/mol. The lowest BCUT2D eigenvalue weighted by Crippen LogP contribution is -2.51. The van der Waals surface area contributed by atoms with Crippen LogP contribution in [0.5, 0.6) is 0 Å². The fourth-order valence-corrected chi connectivity index (χ4v) is 5.01. The summed E-state index contributed by atoms with van der Waals surface area (Å²) in [5, 5.41) is 0. The molecule has 4 heteroatoms. The molecule has 2 saturated heterocycles. The van der Waals surface area contributed by atoms with Crippen LogP contribution in [-0.2, 0) is 4.74 Å². The Bertz CT molecular complexity index is 256. The summed E-state index contributed by atoms with van der Waals surface area (Å²) in [5.41, 5.74) is 3.28. The average molecular weight is 272 g/mol. The minimum atomic E-state index is 0.175. The summed E-state index contributed by atoms with van der Waals surface area (Å²) in [7, 11) is 0. The van der Waals surface area contributed by atoms with E-state index >= 15 is 0 Å². The van der Waals surface area contributed by atoms with Gasteiger partial charge in [-0.15, -0.1) is 0 Å². The molecular formula is C14H28N2OS. The molecule has 18 heavy (non-hydrogen) atoms. The van der Waals surface area contributed by atoms with Gasteiger partial charge in [0, 0.05) is 18.4 Å². The maximum absolute atomic E-state index is 6.10. The van der Waals surface area contributed by atoms with E-state index in [-0.39, 0.29) is 5.60 Å². The van der Waals surface area contributed by atoms with E-state index in [9.17, 15) is 0 Å². The van der Waals surface area contributed by atoms with Crippen molar-refractivity contribution in [1.29, 1.82) is 0 Å². The van der Waals surface area contributed by atoms with Crippen LogP contribution in [0.15, 0.2) is 0 Å². The van der Waals surface area contributed by atoms with E-state index in [2.05, 4.69) is 19.3 Å². The molecule has 3 N–H and O–H groups in total. The number of thioether (sulfide) groups is 1. The number of ether oxygens (including phenoxy) is 1. The first-order chi connectivity index (χ1) is 8.71. The summed E-state index contributed by atoms with van der Waals surface area (Å²) in [6, 6.07) is 0.455. The van der Waals surface area contributed by atoms with Crippen molar-refractivity contribution in [3.8, 4) is 0 Å². The van der Waals surface area contributed by atoms with E-state index in [1.807, 2.05) is 11.8 Å². The second-order valence-electron chi connectivity index (χ2n) is 6.05. The van der Waals surface area contributed by atoms with Crippen LogP contribution in [0, 0.1) is 11.8 Å². The summed E-state index contributed by atoms with van der Waals surface area (Å²) < 4.78 is 6.10. The third-order valence-electron chi connectivity index (χ3n) is 4.66. The summed E-state index contributed by atoms with van der Waals surface area (Å²) in [4.78, 5) is 0. The molecule has 0 amide bonds. The van der Waals surface area contributed by atoms with Gasteiger partial charge in [-0.05, 0) is 43.3 Å². The van der Waals surface area contributed by atoms with E-state index < -0.39 is 0 Å². The lowest BCUT2D eigenvalue weighted by molar-refractivity contribution is -0.0882. The Kier molecular flexibility index (Phi) is 5.36. The third-order valence-corrected chi connectivity index (χ3v) is 5.88. The number of nitrogens with one attached hydrogen (secondary N) is 1. The Balaban J connectivity index is 1.97. The highest BCUT2D eigenvalue weighted by molar-refractivity contribution is 7.99. The Hall–Kier alpha value is 0.230. The van der Waals surface area contributed by atoms with Gasteiger partial charge in [-0.25, -0.2) is 0 Å². The van der Waals surface area contributed by atoms with Crippen LogP contribution >= 0.6 is 11.8 Å². The molecule has 2 aliphatic rings. The first-order valence-electron chi connectivity index (χ1n) is 7.38. The second-order valence-corrected chi connectivity index (χ2v) is 7.15. The van der Waals surface area contributed by atoms with Crippen LogP contribution in [0.4, 0.5) is 0 Å². The summed E-state index contributed by atoms with van der Waals surface area (Å²) in [6.07, 6.45) is 6.09. The Morgan fingerprint density at radius 2 is 2.39 bits per heavy atom. The number of hydrazine groups is 1. The fraction of sp³-hybridized carbons (Fsp3) is 1.00. The molecule has 2 aliphatic heterocycles. The van der Waals surface area contributed by atoms with E-state index in [0.717, 1.165) is 13.0 Å². The van der Waals surface area contributed by atoms with E-state index in [4.69, 9.17) is 10.6 Å². The van der Waals surface area contributed by atoms with Gasteiger partial charge in [0.05, 0.1) is 5.60 Å². The van der Waals surface area contributed by atoms with Crippen LogP contribution < -0.4 is 11.3 Å². The number of hydrogen-bond acceptors (Lipinski definition) is 4. The highest BCUT2D eigenvalue weighted by atomic mass is 32.2. The van der Waals surface area contributed by atoms with Gasteiger partial charge in [0.1, 0.15) is 0 Å². The molecule has 4 unspecified atom stereocenters. The summed E-state index contributed by atoms with van der Waals surface area (Å²) in [6.45, 7) is 5.50. The Morgan fingerprint density at radius 1 is 1.56 bits per heavy atom. The maximum atomic E-state index is 6.10. The second kappa shape index (κ2) is 6.60. The van der Waals surface area contributed by atoms with Crippen molar-refractivity contribution in [1.82, 2.24) is 5.43 Å². The van der Waals surface area contributed by atoms with Gasteiger partial charge in [-0.3, -0.25) is 11.3 Å². The molecule has 3 nitrogen and oxygen atoms in total. The molecule has 2 fully saturated rings. The fourth-order valence-electron chi connectivity index (χ4n) is 3.64. The first kappa shape index (κ1) is 14.6. The zero-order valence-electron chi connectivity index (χ0n) is 11.8. The van der Waals surface area contributed by atoms with Gasteiger partial charge >= 0.3 is 0 Å². The summed E-state index contributed by atoms with van der Waals surface area (Å²) >= 11 is 2.04. The molecule has 2 rings (SSSR count). The maximum Gasteiger partial charge on any atom is 0.0783 e. The van der Waals surface area contributed by atoms with Crippen molar-refractivity contribution in [3.05, 3.63) is 0 Å². The zero-order chi connectivity index (χ0) is 13.0. The van der Waals surface area contributed by atoms with Gasteiger partial charge in [-0.2, -0.15) is 11.8 Å². The van der Waals surface area contributed by atoms with Crippen LogP contribution in [-0.4, -0.2) is 29.8 Å².